The second kappa shape index (κ2) is 4.06. The molecule has 1 aromatic heterocycles. The first-order valence-corrected chi connectivity index (χ1v) is 11.5. The molecule has 126 valence electrons. The number of hydrogen-bond donors (Lipinski definition) is 2. The van der Waals surface area contributed by atoms with E-state index in [9.17, 15) is 10.2 Å². The fraction of sp³-hybridized carbons (Fsp3) is 0.667. The lowest BCUT2D eigenvalue weighted by atomic mass is 9.94. The van der Waals surface area contributed by atoms with Crippen LogP contribution in [0.3, 0.4) is 0 Å². The maximum atomic E-state index is 10.7. The number of aromatic hydroxyl groups is 2. The molecule has 23 heavy (non-hydrogen) atoms. The summed E-state index contributed by atoms with van der Waals surface area (Å²) in [6.45, 7) is 16.0. The van der Waals surface area contributed by atoms with Crippen molar-refractivity contribution in [3.63, 3.8) is 0 Å². The lowest BCUT2D eigenvalue weighted by molar-refractivity contribution is 0.261. The van der Waals surface area contributed by atoms with Crippen molar-refractivity contribution >= 4 is 8.07 Å². The van der Waals surface area contributed by atoms with Crippen molar-refractivity contribution in [3.05, 3.63) is 23.8 Å². The SMILES string of the molecule is C=CCn1c(O)c2c(c1O)C1CC2C2OC12[Si](C)(C)C(C)(C)C. The highest BCUT2D eigenvalue weighted by Gasteiger charge is 2.81. The summed E-state index contributed by atoms with van der Waals surface area (Å²) in [4.78, 5) is 0. The van der Waals surface area contributed by atoms with Crippen molar-refractivity contribution in [2.75, 3.05) is 0 Å². The van der Waals surface area contributed by atoms with Gasteiger partial charge in [-0.05, 0) is 11.5 Å². The predicted octanol–water partition coefficient (Wildman–Crippen LogP) is 3.86. The Balaban J connectivity index is 1.85. The maximum absolute atomic E-state index is 10.7. The normalized spacial score (nSPS) is 34.4. The Kier molecular flexibility index (Phi) is 2.71. The second-order valence-corrected chi connectivity index (χ2v) is 14.5. The molecule has 1 aromatic rings. The van der Waals surface area contributed by atoms with Crippen molar-refractivity contribution in [2.24, 2.45) is 0 Å². The van der Waals surface area contributed by atoms with Crippen LogP contribution < -0.4 is 0 Å². The average Bonchev–Trinajstić information content (AvgIpc) is 2.91. The van der Waals surface area contributed by atoms with Gasteiger partial charge in [0.25, 0.3) is 0 Å². The van der Waals surface area contributed by atoms with Crippen LogP contribution in [-0.2, 0) is 11.3 Å². The third-order valence-electron chi connectivity index (χ3n) is 7.23. The summed E-state index contributed by atoms with van der Waals surface area (Å²) in [6, 6.07) is 0. The third kappa shape index (κ3) is 1.47. The number of fused-ring (bicyclic) bond motifs is 8. The molecule has 4 rings (SSSR count). The number of aromatic nitrogens is 1. The molecule has 0 amide bonds. The Labute approximate surface area is 138 Å². The fourth-order valence-corrected chi connectivity index (χ4v) is 8.80. The molecule has 2 fully saturated rings. The fourth-order valence-electron chi connectivity index (χ4n) is 5.16. The van der Waals surface area contributed by atoms with Crippen LogP contribution in [-0.4, -0.2) is 34.2 Å². The largest absolute Gasteiger partial charge is 0.494 e. The van der Waals surface area contributed by atoms with Crippen molar-refractivity contribution in [1.29, 1.82) is 0 Å². The lowest BCUT2D eigenvalue weighted by Crippen LogP contribution is -2.55. The molecule has 5 heteroatoms. The molecule has 4 nitrogen and oxygen atoms in total. The van der Waals surface area contributed by atoms with E-state index in [4.69, 9.17) is 4.74 Å². The molecule has 2 bridgehead atoms. The number of epoxide rings is 1. The van der Waals surface area contributed by atoms with Crippen molar-refractivity contribution in [3.8, 4) is 11.8 Å². The zero-order valence-electron chi connectivity index (χ0n) is 14.7. The molecule has 3 aliphatic rings. The van der Waals surface area contributed by atoms with Gasteiger partial charge in [-0.3, -0.25) is 4.57 Å². The summed E-state index contributed by atoms with van der Waals surface area (Å²) in [5, 5.41) is 21.4. The van der Waals surface area contributed by atoms with Crippen LogP contribution >= 0.6 is 0 Å². The molecule has 4 atom stereocenters. The molecule has 2 N–H and O–H groups in total. The van der Waals surface area contributed by atoms with E-state index in [1.807, 2.05) is 0 Å². The molecule has 1 saturated carbocycles. The molecule has 1 aliphatic heterocycles. The molecule has 2 heterocycles. The van der Waals surface area contributed by atoms with Crippen LogP contribution in [0.1, 0.15) is 50.2 Å². The maximum Gasteiger partial charge on any atom is 0.198 e. The van der Waals surface area contributed by atoms with E-state index in [0.717, 1.165) is 17.5 Å². The van der Waals surface area contributed by atoms with Gasteiger partial charge >= 0.3 is 0 Å². The third-order valence-corrected chi connectivity index (χ3v) is 13.7. The van der Waals surface area contributed by atoms with Gasteiger partial charge in [0.15, 0.2) is 11.8 Å². The molecule has 0 spiro atoms. The number of allylic oxidation sites excluding steroid dienone is 1. The van der Waals surface area contributed by atoms with Crippen LogP contribution in [0.4, 0.5) is 0 Å². The first-order valence-electron chi connectivity index (χ1n) is 8.52. The average molecular weight is 334 g/mol. The number of hydrogen-bond acceptors (Lipinski definition) is 3. The molecule has 1 saturated heterocycles. The van der Waals surface area contributed by atoms with Gasteiger partial charge < -0.3 is 14.9 Å². The Hall–Kier alpha value is -1.20. The summed E-state index contributed by atoms with van der Waals surface area (Å²) in [6.07, 6.45) is 2.95. The first kappa shape index (κ1) is 15.3. The van der Waals surface area contributed by atoms with Crippen LogP contribution in [0, 0.1) is 0 Å². The summed E-state index contributed by atoms with van der Waals surface area (Å²) in [7, 11) is -1.74. The standard InChI is InChI=1S/C18H27NO3Si/c1-7-8-19-15(20)12-10-9-11(13(12)16(19)21)18(14(10)22-18)23(5,6)17(2,3)4/h7,10-11,14,20-21H,1,8-9H2,2-6H3. The van der Waals surface area contributed by atoms with Crippen molar-refractivity contribution < 1.29 is 14.9 Å². The lowest BCUT2D eigenvalue weighted by Gasteiger charge is -2.44. The van der Waals surface area contributed by atoms with E-state index >= 15 is 0 Å². The van der Waals surface area contributed by atoms with E-state index in [1.54, 1.807) is 10.6 Å². The summed E-state index contributed by atoms with van der Waals surface area (Å²) < 4.78 is 7.96. The van der Waals surface area contributed by atoms with Gasteiger partial charge in [-0.2, -0.15) is 0 Å². The quantitative estimate of drug-likeness (QED) is 0.502. The highest BCUT2D eigenvalue weighted by Crippen LogP contribution is 2.76. The number of rotatable bonds is 3. The first-order chi connectivity index (χ1) is 10.6. The van der Waals surface area contributed by atoms with Crippen molar-refractivity contribution in [1.82, 2.24) is 4.57 Å². The molecular formula is C18H27NO3Si. The van der Waals surface area contributed by atoms with E-state index in [-0.39, 0.29) is 40.0 Å². The zero-order valence-corrected chi connectivity index (χ0v) is 15.7. The van der Waals surface area contributed by atoms with Gasteiger partial charge in [-0.25, -0.2) is 0 Å². The minimum Gasteiger partial charge on any atom is -0.494 e. The van der Waals surface area contributed by atoms with Crippen LogP contribution in [0.2, 0.25) is 18.1 Å². The monoisotopic (exact) mass is 333 g/mol. The Morgan fingerprint density at radius 2 is 1.91 bits per heavy atom. The number of nitrogens with zero attached hydrogens (tertiary/aromatic N) is 1. The van der Waals surface area contributed by atoms with Gasteiger partial charge in [0.2, 0.25) is 0 Å². The van der Waals surface area contributed by atoms with Gasteiger partial charge in [0.1, 0.15) is 0 Å². The van der Waals surface area contributed by atoms with E-state index in [1.165, 1.54) is 0 Å². The summed E-state index contributed by atoms with van der Waals surface area (Å²) in [5.41, 5.74) is 1.89. The minimum absolute atomic E-state index is 0.0762. The topological polar surface area (TPSA) is 57.9 Å². The van der Waals surface area contributed by atoms with Gasteiger partial charge in [-0.1, -0.05) is 39.9 Å². The van der Waals surface area contributed by atoms with Gasteiger partial charge in [0, 0.05) is 29.5 Å². The van der Waals surface area contributed by atoms with E-state index in [0.29, 0.717) is 6.54 Å². The smallest absolute Gasteiger partial charge is 0.198 e. The Morgan fingerprint density at radius 3 is 2.48 bits per heavy atom. The highest BCUT2D eigenvalue weighted by atomic mass is 28.3. The van der Waals surface area contributed by atoms with Gasteiger partial charge in [0.05, 0.1) is 19.4 Å². The van der Waals surface area contributed by atoms with Crippen LogP contribution in [0.15, 0.2) is 12.7 Å². The Morgan fingerprint density at radius 1 is 1.30 bits per heavy atom. The molecule has 0 radical (unpaired) electrons. The number of ether oxygens (including phenoxy) is 1. The summed E-state index contributed by atoms with van der Waals surface area (Å²) >= 11 is 0. The van der Waals surface area contributed by atoms with E-state index in [2.05, 4.69) is 40.4 Å². The predicted molar refractivity (Wildman–Crippen MR) is 92.9 cm³/mol. The molecule has 0 aromatic carbocycles. The Bertz CT molecular complexity index is 715. The zero-order chi connectivity index (χ0) is 16.9. The molecule has 4 unspecified atom stereocenters. The minimum atomic E-state index is -1.74. The van der Waals surface area contributed by atoms with Crippen molar-refractivity contribution in [2.45, 2.75) is 75.0 Å². The molecular weight excluding hydrogens is 306 g/mol. The second-order valence-electron chi connectivity index (χ2n) is 8.98. The highest BCUT2D eigenvalue weighted by molar-refractivity contribution is 6.84. The van der Waals surface area contributed by atoms with Crippen LogP contribution in [0.5, 0.6) is 11.8 Å². The summed E-state index contributed by atoms with van der Waals surface area (Å²) in [5.74, 6) is 0.896. The van der Waals surface area contributed by atoms with Gasteiger partial charge in [-0.15, -0.1) is 6.58 Å². The molecule has 2 aliphatic carbocycles. The van der Waals surface area contributed by atoms with E-state index < -0.39 is 8.07 Å². The van der Waals surface area contributed by atoms with Crippen LogP contribution in [0.25, 0.3) is 0 Å².